The van der Waals surface area contributed by atoms with Gasteiger partial charge in [-0.05, 0) is 79.5 Å². The molecule has 0 aromatic heterocycles. The summed E-state index contributed by atoms with van der Waals surface area (Å²) in [4.78, 5) is 3.85. The van der Waals surface area contributed by atoms with Gasteiger partial charge in [-0.25, -0.2) is 0 Å². The minimum absolute atomic E-state index is 0.0487. The van der Waals surface area contributed by atoms with Crippen LogP contribution in [0.1, 0.15) is 41.4 Å². The van der Waals surface area contributed by atoms with Gasteiger partial charge in [-0.15, -0.1) is 11.8 Å². The van der Waals surface area contributed by atoms with Crippen LogP contribution in [0.5, 0.6) is 23.0 Å². The molecule has 0 radical (unpaired) electrons. The van der Waals surface area contributed by atoms with Gasteiger partial charge in [0.2, 0.25) is 0 Å². The second-order valence-electron chi connectivity index (χ2n) is 9.20. The highest BCUT2D eigenvalue weighted by molar-refractivity contribution is 7.99. The molecule has 184 valence electrons. The number of hydrogen-bond donors (Lipinski definition) is 1. The van der Waals surface area contributed by atoms with Crippen molar-refractivity contribution in [3.05, 3.63) is 77.4 Å². The van der Waals surface area contributed by atoms with Crippen molar-refractivity contribution in [1.29, 1.82) is 0 Å². The Labute approximate surface area is 212 Å². The van der Waals surface area contributed by atoms with Gasteiger partial charge in [0, 0.05) is 34.6 Å². The number of rotatable bonds is 8. The van der Waals surface area contributed by atoms with E-state index in [1.807, 2.05) is 36.0 Å². The first kappa shape index (κ1) is 23.9. The molecule has 0 spiro atoms. The van der Waals surface area contributed by atoms with Crippen LogP contribution in [0.25, 0.3) is 0 Å². The molecule has 1 N–H and O–H groups in total. The molecule has 1 saturated heterocycles. The zero-order valence-corrected chi connectivity index (χ0v) is 21.2. The molecule has 3 aromatic rings. The first-order valence-electron chi connectivity index (χ1n) is 12.3. The minimum Gasteiger partial charge on any atom is -0.508 e. The lowest BCUT2D eigenvalue weighted by Crippen LogP contribution is -2.25. The van der Waals surface area contributed by atoms with Crippen LogP contribution < -0.4 is 14.2 Å². The Kier molecular flexibility index (Phi) is 7.40. The predicted octanol–water partition coefficient (Wildman–Crippen LogP) is 5.91. The van der Waals surface area contributed by atoms with Crippen LogP contribution in [0.2, 0.25) is 0 Å². The Morgan fingerprint density at radius 1 is 0.914 bits per heavy atom. The number of likely N-dealkylation sites (tertiary alicyclic amines) is 1. The van der Waals surface area contributed by atoms with Crippen molar-refractivity contribution in [3.8, 4) is 23.0 Å². The van der Waals surface area contributed by atoms with E-state index in [9.17, 15) is 5.11 Å². The molecule has 0 saturated carbocycles. The van der Waals surface area contributed by atoms with E-state index in [2.05, 4.69) is 35.2 Å². The van der Waals surface area contributed by atoms with E-state index in [0.29, 0.717) is 18.1 Å². The fourth-order valence-corrected chi connectivity index (χ4v) is 6.17. The molecule has 35 heavy (non-hydrogen) atoms. The maximum absolute atomic E-state index is 10.3. The van der Waals surface area contributed by atoms with Crippen molar-refractivity contribution in [2.24, 2.45) is 0 Å². The number of fused-ring (bicyclic) bond motifs is 1. The number of phenolic OH excluding ortho intramolecular Hbond substituents is 1. The topological polar surface area (TPSA) is 51.2 Å². The van der Waals surface area contributed by atoms with Gasteiger partial charge in [-0.1, -0.05) is 18.2 Å². The van der Waals surface area contributed by atoms with Crippen molar-refractivity contribution < 1.29 is 19.3 Å². The summed E-state index contributed by atoms with van der Waals surface area (Å²) in [5.74, 6) is 3.72. The van der Waals surface area contributed by atoms with Gasteiger partial charge in [0.05, 0.1) is 20.8 Å². The van der Waals surface area contributed by atoms with Gasteiger partial charge in [0.1, 0.15) is 11.5 Å². The van der Waals surface area contributed by atoms with E-state index in [4.69, 9.17) is 14.2 Å². The molecule has 0 amide bonds. The van der Waals surface area contributed by atoms with Crippen LogP contribution in [0, 0.1) is 0 Å². The molecular weight excluding hydrogens is 458 g/mol. The van der Waals surface area contributed by atoms with Gasteiger partial charge in [0.25, 0.3) is 0 Å². The molecule has 0 bridgehead atoms. The van der Waals surface area contributed by atoms with E-state index in [1.165, 1.54) is 36.4 Å². The lowest BCUT2D eigenvalue weighted by molar-refractivity contribution is 0.247. The summed E-state index contributed by atoms with van der Waals surface area (Å²) >= 11 is 1.92. The molecule has 1 unspecified atom stereocenters. The molecule has 2 aliphatic rings. The van der Waals surface area contributed by atoms with Gasteiger partial charge in [0.15, 0.2) is 11.5 Å². The van der Waals surface area contributed by atoms with Crippen molar-refractivity contribution in [1.82, 2.24) is 4.90 Å². The van der Waals surface area contributed by atoms with Gasteiger partial charge in [-0.3, -0.25) is 0 Å². The molecule has 2 aliphatic heterocycles. The van der Waals surface area contributed by atoms with E-state index in [0.717, 1.165) is 29.2 Å². The Morgan fingerprint density at radius 2 is 1.66 bits per heavy atom. The first-order valence-corrected chi connectivity index (χ1v) is 13.3. The summed E-state index contributed by atoms with van der Waals surface area (Å²) in [6, 6.07) is 20.4. The fourth-order valence-electron chi connectivity index (χ4n) is 5.26. The monoisotopic (exact) mass is 491 g/mol. The lowest BCUT2D eigenvalue weighted by atomic mass is 9.76. The minimum atomic E-state index is 0.0487. The number of aromatic hydroxyl groups is 1. The highest BCUT2D eigenvalue weighted by atomic mass is 32.2. The van der Waals surface area contributed by atoms with Crippen LogP contribution in [-0.2, 0) is 0 Å². The molecule has 6 heteroatoms. The number of methoxy groups -OCH3 is 2. The van der Waals surface area contributed by atoms with Crippen LogP contribution >= 0.6 is 11.8 Å². The third-order valence-electron chi connectivity index (χ3n) is 7.10. The van der Waals surface area contributed by atoms with Crippen molar-refractivity contribution in [3.63, 3.8) is 0 Å². The molecule has 1 fully saturated rings. The largest absolute Gasteiger partial charge is 0.508 e. The van der Waals surface area contributed by atoms with Gasteiger partial charge < -0.3 is 24.2 Å². The van der Waals surface area contributed by atoms with Gasteiger partial charge in [-0.2, -0.15) is 0 Å². The Morgan fingerprint density at radius 3 is 2.40 bits per heavy atom. The predicted molar refractivity (Wildman–Crippen MR) is 141 cm³/mol. The molecular formula is C29H33NO4S. The fraction of sp³-hybridized carbons (Fsp3) is 0.379. The zero-order chi connectivity index (χ0) is 24.2. The molecule has 5 rings (SSSR count). The summed E-state index contributed by atoms with van der Waals surface area (Å²) in [5, 5.41) is 10.3. The number of nitrogens with zero attached hydrogens (tertiary/aromatic N) is 1. The van der Waals surface area contributed by atoms with Crippen LogP contribution in [0.4, 0.5) is 0 Å². The van der Waals surface area contributed by atoms with E-state index in [1.54, 1.807) is 20.3 Å². The standard InChI is InChI=1S/C29H33NO4S/c1-32-27-11-7-21(17-28(27)33-2)25-19-34-26-12-8-22(31)18-24(26)29(25)20-5-9-23(10-6-20)35-16-15-30-13-3-4-14-30/h5-12,17-18,25,29,31H,3-4,13-16,19H2,1-2H3/t25-,29?/m1/s1. The summed E-state index contributed by atoms with van der Waals surface area (Å²) in [7, 11) is 3.30. The quantitative estimate of drug-likeness (QED) is 0.396. The normalized spacial score (nSPS) is 19.7. The third kappa shape index (κ3) is 5.24. The molecule has 0 aliphatic carbocycles. The second-order valence-corrected chi connectivity index (χ2v) is 10.4. The zero-order valence-electron chi connectivity index (χ0n) is 20.4. The third-order valence-corrected chi connectivity index (χ3v) is 8.09. The Balaban J connectivity index is 1.43. The van der Waals surface area contributed by atoms with E-state index >= 15 is 0 Å². The smallest absolute Gasteiger partial charge is 0.160 e. The summed E-state index contributed by atoms with van der Waals surface area (Å²) < 4.78 is 17.2. The molecule has 5 nitrogen and oxygen atoms in total. The number of thioether (sulfide) groups is 1. The highest BCUT2D eigenvalue weighted by Gasteiger charge is 2.34. The maximum atomic E-state index is 10.3. The van der Waals surface area contributed by atoms with Crippen molar-refractivity contribution >= 4 is 11.8 Å². The average Bonchev–Trinajstić information content (AvgIpc) is 3.41. The van der Waals surface area contributed by atoms with Gasteiger partial charge >= 0.3 is 0 Å². The molecule has 2 heterocycles. The first-order chi connectivity index (χ1) is 17.2. The van der Waals surface area contributed by atoms with Crippen molar-refractivity contribution in [2.45, 2.75) is 29.6 Å². The SMILES string of the molecule is COc1ccc([C@H]2COc3ccc(O)cc3C2c2ccc(SCCN3CCCC3)cc2)cc1OC. The van der Waals surface area contributed by atoms with Crippen LogP contribution in [0.15, 0.2) is 65.6 Å². The summed E-state index contributed by atoms with van der Waals surface area (Å²) in [6.45, 7) is 4.19. The number of phenols is 1. The Hall–Kier alpha value is -2.83. The summed E-state index contributed by atoms with van der Waals surface area (Å²) in [6.07, 6.45) is 2.67. The maximum Gasteiger partial charge on any atom is 0.160 e. The highest BCUT2D eigenvalue weighted by Crippen LogP contribution is 2.48. The van der Waals surface area contributed by atoms with E-state index < -0.39 is 0 Å². The van der Waals surface area contributed by atoms with Crippen molar-refractivity contribution in [2.75, 3.05) is 46.2 Å². The Bertz CT molecular complexity index is 1140. The second kappa shape index (κ2) is 10.8. The molecule has 2 atom stereocenters. The van der Waals surface area contributed by atoms with Crippen LogP contribution in [0.3, 0.4) is 0 Å². The number of ether oxygens (including phenoxy) is 3. The lowest BCUT2D eigenvalue weighted by Gasteiger charge is -2.35. The molecule has 3 aromatic carbocycles. The number of benzene rings is 3. The van der Waals surface area contributed by atoms with Crippen LogP contribution in [-0.4, -0.2) is 56.2 Å². The average molecular weight is 492 g/mol. The van der Waals surface area contributed by atoms with E-state index in [-0.39, 0.29) is 17.6 Å². The number of hydrogen-bond acceptors (Lipinski definition) is 6. The summed E-state index contributed by atoms with van der Waals surface area (Å²) in [5.41, 5.74) is 3.33.